The van der Waals surface area contributed by atoms with Gasteiger partial charge in [0, 0.05) is 18.0 Å². The first-order chi connectivity index (χ1) is 13.7. The minimum Gasteiger partial charge on any atom is -0.236 e. The molecule has 1 aromatic rings. The van der Waals surface area contributed by atoms with E-state index >= 15 is 0 Å². The van der Waals surface area contributed by atoms with Gasteiger partial charge in [-0.05, 0) is 68.3 Å². The van der Waals surface area contributed by atoms with E-state index in [1.807, 2.05) is 19.1 Å². The predicted octanol–water partition coefficient (Wildman–Crippen LogP) is 7.73. The SMILES string of the molecule is C=C/C(=C\C)c1ncc(C2CCC(C3CCCC(CCCC)CC3)CC2)cn1. The van der Waals surface area contributed by atoms with Crippen LogP contribution in [0.5, 0.6) is 0 Å². The van der Waals surface area contributed by atoms with Crippen molar-refractivity contribution in [2.75, 3.05) is 0 Å². The molecule has 2 unspecified atom stereocenters. The summed E-state index contributed by atoms with van der Waals surface area (Å²) in [5, 5.41) is 0. The Morgan fingerprint density at radius 3 is 2.32 bits per heavy atom. The maximum atomic E-state index is 4.60. The van der Waals surface area contributed by atoms with Crippen molar-refractivity contribution >= 4 is 5.57 Å². The largest absolute Gasteiger partial charge is 0.236 e. The van der Waals surface area contributed by atoms with Crippen molar-refractivity contribution in [2.45, 2.75) is 96.8 Å². The van der Waals surface area contributed by atoms with E-state index in [4.69, 9.17) is 0 Å². The third kappa shape index (κ3) is 5.55. The summed E-state index contributed by atoms with van der Waals surface area (Å²) in [4.78, 5) is 9.20. The zero-order valence-corrected chi connectivity index (χ0v) is 18.2. The molecule has 0 aliphatic heterocycles. The van der Waals surface area contributed by atoms with Crippen LogP contribution in [0.25, 0.3) is 5.57 Å². The molecule has 0 amide bonds. The molecule has 154 valence electrons. The topological polar surface area (TPSA) is 25.8 Å². The van der Waals surface area contributed by atoms with E-state index in [2.05, 4.69) is 35.9 Å². The number of nitrogens with zero attached hydrogens (tertiary/aromatic N) is 2. The van der Waals surface area contributed by atoms with Gasteiger partial charge in [0.05, 0.1) is 0 Å². The van der Waals surface area contributed by atoms with Crippen LogP contribution in [0, 0.1) is 17.8 Å². The van der Waals surface area contributed by atoms with E-state index in [9.17, 15) is 0 Å². The van der Waals surface area contributed by atoms with Crippen molar-refractivity contribution in [2.24, 2.45) is 17.8 Å². The Bertz CT molecular complexity index is 622. The molecular weight excluding hydrogens is 340 g/mol. The molecule has 2 saturated carbocycles. The number of aromatic nitrogens is 2. The zero-order valence-electron chi connectivity index (χ0n) is 18.2. The highest BCUT2D eigenvalue weighted by atomic mass is 14.9. The maximum absolute atomic E-state index is 4.60. The molecule has 0 aromatic carbocycles. The van der Waals surface area contributed by atoms with Crippen molar-refractivity contribution in [1.29, 1.82) is 0 Å². The second-order valence-electron chi connectivity index (χ2n) is 9.18. The van der Waals surface area contributed by atoms with Crippen molar-refractivity contribution in [1.82, 2.24) is 9.97 Å². The van der Waals surface area contributed by atoms with E-state index in [1.165, 1.54) is 82.6 Å². The molecule has 2 fully saturated rings. The Hall–Kier alpha value is -1.44. The van der Waals surface area contributed by atoms with Crippen LogP contribution < -0.4 is 0 Å². The molecule has 0 N–H and O–H groups in total. The van der Waals surface area contributed by atoms with E-state index < -0.39 is 0 Å². The van der Waals surface area contributed by atoms with Crippen molar-refractivity contribution < 1.29 is 0 Å². The Balaban J connectivity index is 1.50. The van der Waals surface area contributed by atoms with Crippen LogP contribution in [-0.4, -0.2) is 9.97 Å². The van der Waals surface area contributed by atoms with Crippen molar-refractivity contribution in [3.63, 3.8) is 0 Å². The van der Waals surface area contributed by atoms with Gasteiger partial charge in [-0.2, -0.15) is 0 Å². The van der Waals surface area contributed by atoms with E-state index in [0.29, 0.717) is 5.92 Å². The quantitative estimate of drug-likeness (QED) is 0.357. The zero-order chi connectivity index (χ0) is 19.8. The summed E-state index contributed by atoms with van der Waals surface area (Å²) in [5.41, 5.74) is 2.35. The Morgan fingerprint density at radius 1 is 1.00 bits per heavy atom. The molecule has 28 heavy (non-hydrogen) atoms. The van der Waals surface area contributed by atoms with Crippen LogP contribution in [-0.2, 0) is 0 Å². The third-order valence-electron chi connectivity index (χ3n) is 7.47. The second-order valence-corrected chi connectivity index (χ2v) is 9.18. The molecule has 2 atom stereocenters. The highest BCUT2D eigenvalue weighted by molar-refractivity contribution is 5.68. The van der Waals surface area contributed by atoms with Crippen LogP contribution in [0.2, 0.25) is 0 Å². The van der Waals surface area contributed by atoms with Crippen LogP contribution >= 0.6 is 0 Å². The number of unbranched alkanes of at least 4 members (excludes halogenated alkanes) is 1. The van der Waals surface area contributed by atoms with Gasteiger partial charge in [-0.15, -0.1) is 0 Å². The molecule has 2 heteroatoms. The van der Waals surface area contributed by atoms with Gasteiger partial charge in [-0.25, -0.2) is 9.97 Å². The average Bonchev–Trinajstić information content (AvgIpc) is 2.99. The van der Waals surface area contributed by atoms with Crippen molar-refractivity contribution in [3.8, 4) is 0 Å². The minimum absolute atomic E-state index is 0.658. The predicted molar refractivity (Wildman–Crippen MR) is 120 cm³/mol. The fraction of sp³-hybridized carbons (Fsp3) is 0.692. The number of rotatable bonds is 7. The van der Waals surface area contributed by atoms with Gasteiger partial charge in [0.25, 0.3) is 0 Å². The molecule has 3 rings (SSSR count). The summed E-state index contributed by atoms with van der Waals surface area (Å²) < 4.78 is 0. The molecule has 1 heterocycles. The molecule has 2 aliphatic carbocycles. The molecule has 2 aliphatic rings. The lowest BCUT2D eigenvalue weighted by Gasteiger charge is -2.33. The van der Waals surface area contributed by atoms with Gasteiger partial charge in [0.2, 0.25) is 0 Å². The van der Waals surface area contributed by atoms with E-state index in [1.54, 1.807) is 0 Å². The molecule has 0 radical (unpaired) electrons. The Kier molecular flexibility index (Phi) is 8.30. The van der Waals surface area contributed by atoms with Crippen LogP contribution in [0.3, 0.4) is 0 Å². The van der Waals surface area contributed by atoms with Crippen LogP contribution in [0.4, 0.5) is 0 Å². The van der Waals surface area contributed by atoms with Gasteiger partial charge in [0.15, 0.2) is 5.82 Å². The Labute approximate surface area is 173 Å². The van der Waals surface area contributed by atoms with Gasteiger partial charge >= 0.3 is 0 Å². The first kappa shape index (κ1) is 21.3. The highest BCUT2D eigenvalue weighted by Gasteiger charge is 2.30. The molecule has 0 bridgehead atoms. The summed E-state index contributed by atoms with van der Waals surface area (Å²) in [6.07, 6.45) is 25.2. The monoisotopic (exact) mass is 380 g/mol. The summed E-state index contributed by atoms with van der Waals surface area (Å²) in [5.74, 6) is 4.44. The molecule has 2 nitrogen and oxygen atoms in total. The summed E-state index contributed by atoms with van der Waals surface area (Å²) >= 11 is 0. The lowest BCUT2D eigenvalue weighted by atomic mass is 9.72. The fourth-order valence-electron chi connectivity index (χ4n) is 5.62. The lowest BCUT2D eigenvalue weighted by molar-refractivity contribution is 0.211. The van der Waals surface area contributed by atoms with Gasteiger partial charge in [-0.3, -0.25) is 0 Å². The van der Waals surface area contributed by atoms with Gasteiger partial charge < -0.3 is 0 Å². The fourth-order valence-corrected chi connectivity index (χ4v) is 5.62. The molecule has 0 saturated heterocycles. The average molecular weight is 381 g/mol. The Morgan fingerprint density at radius 2 is 1.68 bits per heavy atom. The third-order valence-corrected chi connectivity index (χ3v) is 7.47. The molecule has 0 spiro atoms. The van der Waals surface area contributed by atoms with Crippen molar-refractivity contribution in [3.05, 3.63) is 42.5 Å². The normalized spacial score (nSPS) is 29.3. The first-order valence-corrected chi connectivity index (χ1v) is 11.9. The minimum atomic E-state index is 0.658. The van der Waals surface area contributed by atoms with Crippen LogP contribution in [0.15, 0.2) is 31.1 Å². The number of allylic oxidation sites excluding steroid dienone is 3. The maximum Gasteiger partial charge on any atom is 0.158 e. The number of hydrogen-bond donors (Lipinski definition) is 0. The summed E-state index contributed by atoms with van der Waals surface area (Å²) in [6.45, 7) is 8.19. The highest BCUT2D eigenvalue weighted by Crippen LogP contribution is 2.43. The first-order valence-electron chi connectivity index (χ1n) is 11.9. The summed E-state index contributed by atoms with van der Waals surface area (Å²) in [7, 11) is 0. The van der Waals surface area contributed by atoms with Crippen LogP contribution in [0.1, 0.15) is 108 Å². The second kappa shape index (κ2) is 10.9. The van der Waals surface area contributed by atoms with Gasteiger partial charge in [0.1, 0.15) is 0 Å². The smallest absolute Gasteiger partial charge is 0.158 e. The van der Waals surface area contributed by atoms with E-state index in [-0.39, 0.29) is 0 Å². The summed E-state index contributed by atoms with van der Waals surface area (Å²) in [6, 6.07) is 0. The number of hydrogen-bond acceptors (Lipinski definition) is 2. The van der Waals surface area contributed by atoms with E-state index in [0.717, 1.165) is 29.2 Å². The van der Waals surface area contributed by atoms with Gasteiger partial charge in [-0.1, -0.05) is 70.6 Å². The molecular formula is C26H40N2. The molecule has 1 aromatic heterocycles. The lowest BCUT2D eigenvalue weighted by Crippen LogP contribution is -2.21. The standard InChI is InChI=1S/C26H40N2/c1-4-7-9-20-10-8-11-22(13-12-20)23-14-16-24(17-15-23)25-18-27-26(28-19-25)21(5-2)6-3/h5-6,18-20,22-24H,2,4,7-17H2,1,3H3/b21-6+.